The van der Waals surface area contributed by atoms with Gasteiger partial charge in [0.2, 0.25) is 0 Å². The van der Waals surface area contributed by atoms with Crippen LogP contribution in [0.2, 0.25) is 0 Å². The summed E-state index contributed by atoms with van der Waals surface area (Å²) in [7, 11) is -4.17. The second kappa shape index (κ2) is 7.94. The second-order valence-corrected chi connectivity index (χ2v) is 9.18. The Morgan fingerprint density at radius 3 is 2.38 bits per heavy atom. The van der Waals surface area contributed by atoms with Crippen LogP contribution in [0.15, 0.2) is 71.8 Å². The largest absolute Gasteiger partial charge is 0.435 e. The quantitative estimate of drug-likeness (QED) is 0.435. The predicted molar refractivity (Wildman–Crippen MR) is 115 cm³/mol. The molecule has 2 aromatic heterocycles. The van der Waals surface area contributed by atoms with Crippen LogP contribution in [-0.2, 0) is 16.2 Å². The first-order valence-corrected chi connectivity index (χ1v) is 11.2. The molecule has 4 aromatic rings. The SMILES string of the molecule is CC(C)c1ccc(S(=O)(=O)Nc2cc(C(F)(F)F)nn2-c2cccc3ncccc23)cc1. The van der Waals surface area contributed by atoms with Crippen LogP contribution in [-0.4, -0.2) is 23.2 Å². The number of aromatic nitrogens is 3. The molecule has 0 bridgehead atoms. The Labute approximate surface area is 182 Å². The summed E-state index contributed by atoms with van der Waals surface area (Å²) in [5, 5.41) is 4.18. The lowest BCUT2D eigenvalue weighted by atomic mass is 10.0. The maximum atomic E-state index is 13.4. The van der Waals surface area contributed by atoms with Crippen molar-refractivity contribution in [2.24, 2.45) is 0 Å². The van der Waals surface area contributed by atoms with Gasteiger partial charge in [0.05, 0.1) is 16.1 Å². The number of alkyl halides is 3. The van der Waals surface area contributed by atoms with E-state index in [2.05, 4.69) is 14.8 Å². The number of rotatable bonds is 5. The topological polar surface area (TPSA) is 76.9 Å². The number of hydrogen-bond donors (Lipinski definition) is 1. The minimum Gasteiger partial charge on any atom is -0.263 e. The molecule has 1 N–H and O–H groups in total. The highest BCUT2D eigenvalue weighted by Crippen LogP contribution is 2.33. The van der Waals surface area contributed by atoms with Crippen molar-refractivity contribution in [3.63, 3.8) is 0 Å². The zero-order valence-corrected chi connectivity index (χ0v) is 17.9. The van der Waals surface area contributed by atoms with Crippen molar-refractivity contribution < 1.29 is 21.6 Å². The van der Waals surface area contributed by atoms with Gasteiger partial charge < -0.3 is 0 Å². The van der Waals surface area contributed by atoms with E-state index in [-0.39, 0.29) is 22.3 Å². The molecule has 10 heteroatoms. The minimum absolute atomic E-state index is 0.0669. The number of benzene rings is 2. The first-order chi connectivity index (χ1) is 15.1. The maximum Gasteiger partial charge on any atom is 0.435 e. The van der Waals surface area contributed by atoms with Crippen LogP contribution in [0.1, 0.15) is 31.0 Å². The van der Waals surface area contributed by atoms with Crippen LogP contribution < -0.4 is 4.72 Å². The highest BCUT2D eigenvalue weighted by atomic mass is 32.2. The number of sulfonamides is 1. The summed E-state index contributed by atoms with van der Waals surface area (Å²) >= 11 is 0. The molecule has 2 heterocycles. The second-order valence-electron chi connectivity index (χ2n) is 7.50. The van der Waals surface area contributed by atoms with Crippen molar-refractivity contribution in [3.05, 3.63) is 78.1 Å². The molecule has 32 heavy (non-hydrogen) atoms. The molecule has 0 fully saturated rings. The predicted octanol–water partition coefficient (Wildman–Crippen LogP) is 5.36. The fourth-order valence-electron chi connectivity index (χ4n) is 3.28. The van der Waals surface area contributed by atoms with E-state index >= 15 is 0 Å². The molecule has 0 aliphatic heterocycles. The van der Waals surface area contributed by atoms with Crippen molar-refractivity contribution in [1.29, 1.82) is 0 Å². The molecule has 0 unspecified atom stereocenters. The van der Waals surface area contributed by atoms with Crippen LogP contribution >= 0.6 is 0 Å². The standard InChI is InChI=1S/C22H19F3N4O2S/c1-14(2)15-8-10-16(11-9-15)32(30,31)28-21-13-20(22(23,24)25)27-29(21)19-7-3-6-18-17(19)5-4-12-26-18/h3-14,28H,1-2H3. The van der Waals surface area contributed by atoms with Gasteiger partial charge in [-0.2, -0.15) is 18.3 Å². The highest BCUT2D eigenvalue weighted by molar-refractivity contribution is 7.92. The number of pyridine rings is 1. The molecule has 4 rings (SSSR count). The van der Waals surface area contributed by atoms with Crippen molar-refractivity contribution in [1.82, 2.24) is 14.8 Å². The van der Waals surface area contributed by atoms with E-state index in [1.165, 1.54) is 12.1 Å². The molecule has 0 amide bonds. The smallest absolute Gasteiger partial charge is 0.263 e. The van der Waals surface area contributed by atoms with Crippen LogP contribution in [0.25, 0.3) is 16.6 Å². The maximum absolute atomic E-state index is 13.4. The van der Waals surface area contributed by atoms with Crippen molar-refractivity contribution in [3.8, 4) is 5.69 Å². The zero-order chi connectivity index (χ0) is 23.1. The highest BCUT2D eigenvalue weighted by Gasteiger charge is 2.36. The molecule has 0 spiro atoms. The normalized spacial score (nSPS) is 12.4. The van der Waals surface area contributed by atoms with E-state index in [0.29, 0.717) is 17.0 Å². The molecule has 0 saturated heterocycles. The average molecular weight is 460 g/mol. The van der Waals surface area contributed by atoms with E-state index in [1.807, 2.05) is 13.8 Å². The number of nitrogens with one attached hydrogen (secondary N) is 1. The molecule has 166 valence electrons. The van der Waals surface area contributed by atoms with Gasteiger partial charge in [0.1, 0.15) is 5.82 Å². The van der Waals surface area contributed by atoms with Gasteiger partial charge in [-0.1, -0.05) is 32.0 Å². The third kappa shape index (κ3) is 4.18. The summed E-state index contributed by atoms with van der Waals surface area (Å²) in [4.78, 5) is 4.13. The summed E-state index contributed by atoms with van der Waals surface area (Å²) in [6.07, 6.45) is -3.20. The Morgan fingerprint density at radius 2 is 1.72 bits per heavy atom. The number of hydrogen-bond acceptors (Lipinski definition) is 4. The van der Waals surface area contributed by atoms with E-state index in [4.69, 9.17) is 0 Å². The monoisotopic (exact) mass is 460 g/mol. The first kappa shape index (κ1) is 21.8. The Bertz CT molecular complexity index is 1370. The Balaban J connectivity index is 1.82. The minimum atomic E-state index is -4.76. The number of halogens is 3. The van der Waals surface area contributed by atoms with Crippen molar-refractivity contribution >= 4 is 26.7 Å². The van der Waals surface area contributed by atoms with Gasteiger partial charge in [0, 0.05) is 17.6 Å². The van der Waals surface area contributed by atoms with Crippen LogP contribution in [0.3, 0.4) is 0 Å². The van der Waals surface area contributed by atoms with Crippen LogP contribution in [0.5, 0.6) is 0 Å². The fraction of sp³-hybridized carbons (Fsp3) is 0.182. The molecule has 2 aromatic carbocycles. The third-order valence-electron chi connectivity index (χ3n) is 4.95. The number of anilines is 1. The van der Waals surface area contributed by atoms with E-state index in [1.54, 1.807) is 48.7 Å². The Morgan fingerprint density at radius 1 is 1.00 bits per heavy atom. The van der Waals surface area contributed by atoms with Crippen LogP contribution in [0.4, 0.5) is 19.0 Å². The molecule has 6 nitrogen and oxygen atoms in total. The van der Waals surface area contributed by atoms with E-state index in [9.17, 15) is 21.6 Å². The number of nitrogens with zero attached hydrogens (tertiary/aromatic N) is 3. The summed E-state index contributed by atoms with van der Waals surface area (Å²) in [6.45, 7) is 3.94. The summed E-state index contributed by atoms with van der Waals surface area (Å²) in [5.74, 6) is -0.128. The lowest BCUT2D eigenvalue weighted by Crippen LogP contribution is -2.16. The van der Waals surface area contributed by atoms with Gasteiger partial charge >= 0.3 is 6.18 Å². The first-order valence-electron chi connectivity index (χ1n) is 9.70. The van der Waals surface area contributed by atoms with Gasteiger partial charge in [-0.05, 0) is 47.9 Å². The van der Waals surface area contributed by atoms with Gasteiger partial charge in [-0.25, -0.2) is 13.1 Å². The lowest BCUT2D eigenvalue weighted by Gasteiger charge is -2.13. The number of fused-ring (bicyclic) bond motifs is 1. The summed E-state index contributed by atoms with van der Waals surface area (Å²) < 4.78 is 69.3. The van der Waals surface area contributed by atoms with E-state index in [0.717, 1.165) is 10.2 Å². The molecular weight excluding hydrogens is 441 g/mol. The molecule has 0 saturated carbocycles. The molecule has 0 atom stereocenters. The zero-order valence-electron chi connectivity index (χ0n) is 17.1. The summed E-state index contributed by atoms with van der Waals surface area (Å²) in [6, 6.07) is 15.0. The fourth-order valence-corrected chi connectivity index (χ4v) is 4.31. The summed E-state index contributed by atoms with van der Waals surface area (Å²) in [5.41, 5.74) is 0.522. The van der Waals surface area contributed by atoms with Crippen molar-refractivity contribution in [2.75, 3.05) is 4.72 Å². The molecule has 0 aliphatic carbocycles. The van der Waals surface area contributed by atoms with Gasteiger partial charge in [-0.15, -0.1) is 0 Å². The average Bonchev–Trinajstić information content (AvgIpc) is 3.17. The van der Waals surface area contributed by atoms with Crippen molar-refractivity contribution in [2.45, 2.75) is 30.8 Å². The molecule has 0 aliphatic rings. The Kier molecular flexibility index (Phi) is 5.41. The van der Waals surface area contributed by atoms with Gasteiger partial charge in [0.15, 0.2) is 5.69 Å². The molecular formula is C22H19F3N4O2S. The lowest BCUT2D eigenvalue weighted by molar-refractivity contribution is -0.141. The van der Waals surface area contributed by atoms with Crippen LogP contribution in [0, 0.1) is 0 Å². The van der Waals surface area contributed by atoms with Gasteiger partial charge in [-0.3, -0.25) is 9.71 Å². The third-order valence-corrected chi connectivity index (χ3v) is 6.32. The Hall–Kier alpha value is -3.40. The van der Waals surface area contributed by atoms with Gasteiger partial charge in [0.25, 0.3) is 10.0 Å². The molecule has 0 radical (unpaired) electrons. The van der Waals surface area contributed by atoms with E-state index < -0.39 is 21.9 Å².